The minimum Gasteiger partial charge on any atom is -0.227 e. The third-order valence-electron chi connectivity index (χ3n) is 3.95. The lowest BCUT2D eigenvalue weighted by Crippen LogP contribution is -2.09. The molecule has 0 saturated heterocycles. The van der Waals surface area contributed by atoms with E-state index in [4.69, 9.17) is 0 Å². The molecule has 42 heavy (non-hydrogen) atoms. The Morgan fingerprint density at radius 3 is 1.02 bits per heavy atom. The highest BCUT2D eigenvalue weighted by Crippen LogP contribution is 3.04. The first-order valence-electron chi connectivity index (χ1n) is 10.0. The third-order valence-corrected chi connectivity index (χ3v) is 9.10. The Morgan fingerprint density at radius 1 is 0.476 bits per heavy atom. The number of pyridine rings is 4. The zero-order chi connectivity index (χ0) is 32.2. The Bertz CT molecular complexity index is 1440. The van der Waals surface area contributed by atoms with Crippen molar-refractivity contribution >= 4 is 51.5 Å². The monoisotopic (exact) mass is 718 g/mol. The molecule has 0 saturated carbocycles. The fraction of sp³-hybridized carbons (Fsp3) is 0. The van der Waals surface area contributed by atoms with Crippen molar-refractivity contribution in [1.82, 2.24) is 19.9 Å². The molecule has 0 spiro atoms. The average molecular weight is 719 g/mol. The van der Waals surface area contributed by atoms with Crippen LogP contribution in [0.2, 0.25) is 0 Å². The van der Waals surface area contributed by atoms with Gasteiger partial charge >= 0.3 is 10.2 Å². The molecular weight excluding hydrogens is 707 g/mol. The van der Waals surface area contributed by atoms with Crippen LogP contribution in [0.3, 0.4) is 0 Å². The minimum atomic E-state index is -9.91. The van der Waals surface area contributed by atoms with Crippen molar-refractivity contribution < 1.29 is 52.5 Å². The molecule has 0 aliphatic carbocycles. The summed E-state index contributed by atoms with van der Waals surface area (Å²) < 4.78 is 160. The highest BCUT2D eigenvalue weighted by molar-refractivity contribution is 8.76. The van der Waals surface area contributed by atoms with E-state index in [0.717, 1.165) is 33.9 Å². The number of aromatic nitrogens is 4. The van der Waals surface area contributed by atoms with Crippen LogP contribution in [0.25, 0.3) is 0 Å². The normalized spacial score (nSPS) is 14.9. The number of rotatable bonds is 5. The summed E-state index contributed by atoms with van der Waals surface area (Å²) in [7, 11) is -12.8. The number of hydrogen-bond acceptors (Lipinski definition) is 6. The second kappa shape index (κ2) is 11.1. The summed E-state index contributed by atoms with van der Waals surface area (Å²) in [4.78, 5) is 8.17. The first-order valence-corrected chi connectivity index (χ1v) is 17.0. The van der Waals surface area contributed by atoms with Crippen LogP contribution in [0.4, 0.5) is 52.5 Å². The molecule has 234 valence electrons. The molecule has 0 fully saturated rings. The summed E-state index contributed by atoms with van der Waals surface area (Å²) in [6.07, 6.45) is 4.16. The predicted molar refractivity (Wildman–Crippen MR) is 136 cm³/mol. The Morgan fingerprint density at radius 2 is 0.786 bits per heavy atom. The van der Waals surface area contributed by atoms with Gasteiger partial charge in [0.25, 0.3) is 9.05 Å². The van der Waals surface area contributed by atoms with Gasteiger partial charge in [-0.2, -0.15) is 17.6 Å². The largest absolute Gasteiger partial charge is 0.314 e. The smallest absolute Gasteiger partial charge is 0.227 e. The Labute approximate surface area is 240 Å². The molecule has 4 heterocycles. The highest BCUT2D eigenvalue weighted by Gasteiger charge is 2.67. The van der Waals surface area contributed by atoms with Gasteiger partial charge in [-0.3, -0.25) is 0 Å². The topological polar surface area (TPSA) is 51.6 Å². The van der Waals surface area contributed by atoms with Crippen molar-refractivity contribution in [2.75, 3.05) is 0 Å². The lowest BCUT2D eigenvalue weighted by Gasteiger charge is -2.42. The fourth-order valence-corrected chi connectivity index (χ4v) is 6.01. The molecule has 4 rings (SSSR count). The van der Waals surface area contributed by atoms with Crippen molar-refractivity contribution in [2.24, 2.45) is 0 Å². The van der Waals surface area contributed by atoms with Crippen LogP contribution in [0.1, 0.15) is 0 Å². The van der Waals surface area contributed by atoms with Crippen LogP contribution in [-0.2, 0) is 0 Å². The third kappa shape index (κ3) is 11.2. The van der Waals surface area contributed by atoms with E-state index >= 15 is 0 Å². The number of hydrogen-bond donors (Lipinski definition) is 0. The van der Waals surface area contributed by atoms with Gasteiger partial charge in [0.2, 0.25) is 23.8 Å². The predicted octanol–water partition coefficient (Wildman–Crippen LogP) is 11.6. The van der Waals surface area contributed by atoms with E-state index in [-0.39, 0.29) is 12.1 Å². The second-order valence-corrected chi connectivity index (χ2v) is 16.1. The maximum atomic E-state index is 13.1. The number of nitrogens with zero attached hydrogens (tertiary/aromatic N) is 4. The van der Waals surface area contributed by atoms with E-state index in [1.807, 2.05) is 0 Å². The Hall–Kier alpha value is -2.62. The summed E-state index contributed by atoms with van der Waals surface area (Å²) in [6, 6.07) is 7.95. The zero-order valence-electron chi connectivity index (χ0n) is 19.6. The van der Waals surface area contributed by atoms with E-state index in [0.29, 0.717) is 22.1 Å². The molecule has 4 nitrogen and oxygen atoms in total. The van der Waals surface area contributed by atoms with Gasteiger partial charge in [-0.25, -0.2) is 19.9 Å². The lowest BCUT2D eigenvalue weighted by molar-refractivity contribution is 0.352. The van der Waals surface area contributed by atoms with Gasteiger partial charge in [-0.05, 0) is 70.1 Å². The molecule has 0 N–H and O–H groups in total. The molecule has 0 bridgehead atoms. The highest BCUT2D eigenvalue weighted by atomic mass is 35.7. The van der Waals surface area contributed by atoms with Crippen LogP contribution < -0.4 is 0 Å². The molecule has 0 aliphatic rings. The maximum absolute atomic E-state index is 13.1. The fourth-order valence-electron chi connectivity index (χ4n) is 2.27. The van der Waals surface area contributed by atoms with Crippen LogP contribution >= 0.6 is 51.5 Å². The first kappa shape index (κ1) is 35.6. The van der Waals surface area contributed by atoms with E-state index in [1.165, 1.54) is 12.4 Å². The Kier molecular flexibility index (Phi) is 9.44. The van der Waals surface area contributed by atoms with Gasteiger partial charge in [0.05, 0.1) is 9.79 Å². The minimum absolute atomic E-state index is 0.0378. The standard InChI is InChI=1S/C10H6F2N2S2.C5H3ClF5NS.C5H3F6NS/c11-9-7(3-1-5-13-9)15-16-8-4-2-6-14-10(8)12;6-13(8,9,10,11)4-2-1-3-12-5(4)7;6-5-4(2-1-3-12-5)13(7,8,9,10)11/h1-6H;2*1-3H. The zero-order valence-corrected chi connectivity index (χ0v) is 23.7. The van der Waals surface area contributed by atoms with Gasteiger partial charge in [-0.1, -0.05) is 19.4 Å². The molecule has 4 aromatic heterocycles. The van der Waals surface area contributed by atoms with E-state index in [1.54, 1.807) is 24.3 Å². The molecule has 0 aliphatic heterocycles. The van der Waals surface area contributed by atoms with E-state index in [2.05, 4.69) is 30.6 Å². The van der Waals surface area contributed by atoms with Crippen LogP contribution in [0.5, 0.6) is 0 Å². The SMILES string of the molecule is Fc1ncccc1S(F)(F)(F)(F)Cl.Fc1ncccc1S(F)(F)(F)(F)F.Fc1ncccc1SSc1cccnc1F. The summed E-state index contributed by atoms with van der Waals surface area (Å²) in [5.41, 5.74) is 0. The van der Waals surface area contributed by atoms with Gasteiger partial charge in [0.15, 0.2) is 4.90 Å². The summed E-state index contributed by atoms with van der Waals surface area (Å²) in [5, 5.41) is 0. The average Bonchev–Trinajstić information content (AvgIpc) is 2.83. The molecule has 0 unspecified atom stereocenters. The summed E-state index contributed by atoms with van der Waals surface area (Å²) in [5.74, 6) is -5.27. The molecule has 0 amide bonds. The Balaban J connectivity index is 0.000000222. The van der Waals surface area contributed by atoms with E-state index in [9.17, 15) is 52.5 Å². The summed E-state index contributed by atoms with van der Waals surface area (Å²) in [6.45, 7) is 0. The van der Waals surface area contributed by atoms with Crippen molar-refractivity contribution in [2.45, 2.75) is 19.6 Å². The molecule has 4 aromatic rings. The second-order valence-electron chi connectivity index (χ2n) is 7.27. The van der Waals surface area contributed by atoms with Gasteiger partial charge in [0.1, 0.15) is 4.90 Å². The van der Waals surface area contributed by atoms with Gasteiger partial charge in [-0.15, -0.1) is 15.5 Å². The number of halogens is 14. The van der Waals surface area contributed by atoms with Crippen molar-refractivity contribution in [3.05, 3.63) is 97.1 Å². The van der Waals surface area contributed by atoms with Crippen molar-refractivity contribution in [3.63, 3.8) is 0 Å². The van der Waals surface area contributed by atoms with Gasteiger partial charge < -0.3 is 0 Å². The molecular formula is C20H12ClF13N4S4. The van der Waals surface area contributed by atoms with Crippen molar-refractivity contribution in [3.8, 4) is 0 Å². The van der Waals surface area contributed by atoms with Crippen LogP contribution in [0.15, 0.2) is 92.9 Å². The molecule has 0 aromatic carbocycles. The summed E-state index contributed by atoms with van der Waals surface area (Å²) >= 11 is 0. The lowest BCUT2D eigenvalue weighted by atomic mass is 10.5. The molecule has 0 radical (unpaired) electrons. The molecule has 22 heteroatoms. The van der Waals surface area contributed by atoms with Crippen molar-refractivity contribution in [1.29, 1.82) is 0 Å². The van der Waals surface area contributed by atoms with Crippen LogP contribution in [-0.4, -0.2) is 19.9 Å². The molecule has 0 atom stereocenters. The maximum Gasteiger partial charge on any atom is 0.314 e. The first-order chi connectivity index (χ1) is 18.8. The van der Waals surface area contributed by atoms with Gasteiger partial charge in [0, 0.05) is 35.5 Å². The quantitative estimate of drug-likeness (QED) is 0.116. The van der Waals surface area contributed by atoms with Crippen LogP contribution in [0, 0.1) is 23.8 Å². The van der Waals surface area contributed by atoms with E-state index < -0.39 is 52.9 Å².